The van der Waals surface area contributed by atoms with Gasteiger partial charge in [-0.05, 0) is 24.5 Å². The third-order valence-electron chi connectivity index (χ3n) is 3.70. The van der Waals surface area contributed by atoms with Gasteiger partial charge in [-0.1, -0.05) is 24.3 Å². The molecule has 0 aliphatic carbocycles. The zero-order valence-electron chi connectivity index (χ0n) is 11.0. The third kappa shape index (κ3) is 2.56. The van der Waals surface area contributed by atoms with Crippen LogP contribution in [0, 0.1) is 6.92 Å². The monoisotopic (exact) mass is 274 g/mol. The normalized spacial score (nSPS) is 19.4. The van der Waals surface area contributed by atoms with E-state index in [0.717, 1.165) is 30.2 Å². The van der Waals surface area contributed by atoms with Gasteiger partial charge in [0.2, 0.25) is 0 Å². The highest BCUT2D eigenvalue weighted by molar-refractivity contribution is 7.09. The molecule has 1 aliphatic rings. The van der Waals surface area contributed by atoms with E-state index in [4.69, 9.17) is 0 Å². The molecule has 19 heavy (non-hydrogen) atoms. The second kappa shape index (κ2) is 5.41. The lowest BCUT2D eigenvalue weighted by Gasteiger charge is -2.35. The average Bonchev–Trinajstić information content (AvgIpc) is 2.84. The Hall–Kier alpha value is -1.23. The predicted octanol–water partition coefficient (Wildman–Crippen LogP) is 2.54. The van der Waals surface area contributed by atoms with E-state index in [1.54, 1.807) is 11.3 Å². The van der Waals surface area contributed by atoms with Gasteiger partial charge >= 0.3 is 0 Å². The van der Waals surface area contributed by atoms with Crippen molar-refractivity contribution < 1.29 is 5.11 Å². The molecule has 1 aliphatic heterocycles. The van der Waals surface area contributed by atoms with Crippen LogP contribution in [0.5, 0.6) is 0 Å². The Kier molecular flexibility index (Phi) is 3.64. The predicted molar refractivity (Wildman–Crippen MR) is 77.2 cm³/mol. The van der Waals surface area contributed by atoms with Crippen LogP contribution < -0.4 is 0 Å². The van der Waals surface area contributed by atoms with Crippen LogP contribution in [0.3, 0.4) is 0 Å². The summed E-state index contributed by atoms with van der Waals surface area (Å²) in [4.78, 5) is 6.86. The molecule has 2 aromatic rings. The summed E-state index contributed by atoms with van der Waals surface area (Å²) in [6.07, 6.45) is 1.05. The SMILES string of the molecule is Cc1csc(CN2CCc3ccccc3C2CO)n1. The lowest BCUT2D eigenvalue weighted by atomic mass is 9.93. The van der Waals surface area contributed by atoms with E-state index in [1.165, 1.54) is 11.1 Å². The van der Waals surface area contributed by atoms with Crippen LogP contribution in [0.15, 0.2) is 29.6 Å². The molecule has 4 heteroatoms. The van der Waals surface area contributed by atoms with Crippen molar-refractivity contribution in [2.45, 2.75) is 25.9 Å². The molecule has 0 saturated carbocycles. The summed E-state index contributed by atoms with van der Waals surface area (Å²) >= 11 is 1.70. The van der Waals surface area contributed by atoms with Crippen molar-refractivity contribution in [3.63, 3.8) is 0 Å². The highest BCUT2D eigenvalue weighted by Gasteiger charge is 2.26. The van der Waals surface area contributed by atoms with E-state index in [2.05, 4.69) is 39.5 Å². The summed E-state index contributed by atoms with van der Waals surface area (Å²) in [6.45, 7) is 4.01. The highest BCUT2D eigenvalue weighted by atomic mass is 32.1. The first kappa shape index (κ1) is 12.8. The molecule has 1 aromatic carbocycles. The first-order valence-corrected chi connectivity index (χ1v) is 7.49. The zero-order valence-corrected chi connectivity index (χ0v) is 11.9. The minimum atomic E-state index is 0.106. The molecule has 1 N–H and O–H groups in total. The highest BCUT2D eigenvalue weighted by Crippen LogP contribution is 2.30. The topological polar surface area (TPSA) is 36.4 Å². The van der Waals surface area contributed by atoms with Crippen molar-refractivity contribution in [3.05, 3.63) is 51.5 Å². The maximum absolute atomic E-state index is 9.73. The van der Waals surface area contributed by atoms with E-state index in [0.29, 0.717) is 0 Å². The molecule has 0 fully saturated rings. The average molecular weight is 274 g/mol. The summed E-state index contributed by atoms with van der Waals surface area (Å²) in [5.41, 5.74) is 3.72. The zero-order chi connectivity index (χ0) is 13.2. The minimum absolute atomic E-state index is 0.106. The first-order chi connectivity index (χ1) is 9.28. The number of aliphatic hydroxyl groups is 1. The van der Waals surface area contributed by atoms with E-state index in [1.807, 2.05) is 6.92 Å². The Morgan fingerprint density at radius 2 is 2.26 bits per heavy atom. The van der Waals surface area contributed by atoms with E-state index >= 15 is 0 Å². The van der Waals surface area contributed by atoms with Crippen LogP contribution in [0.1, 0.15) is 27.9 Å². The van der Waals surface area contributed by atoms with Gasteiger partial charge in [-0.15, -0.1) is 11.3 Å². The Morgan fingerprint density at radius 1 is 1.42 bits per heavy atom. The summed E-state index contributed by atoms with van der Waals surface area (Å²) in [6, 6.07) is 8.54. The number of nitrogens with zero attached hydrogens (tertiary/aromatic N) is 2. The largest absolute Gasteiger partial charge is 0.394 e. The quantitative estimate of drug-likeness (QED) is 0.934. The van der Waals surface area contributed by atoms with Crippen molar-refractivity contribution in [1.29, 1.82) is 0 Å². The van der Waals surface area contributed by atoms with Crippen LogP contribution in [-0.2, 0) is 13.0 Å². The molecule has 0 spiro atoms. The fourth-order valence-electron chi connectivity index (χ4n) is 2.76. The van der Waals surface area contributed by atoms with E-state index in [-0.39, 0.29) is 12.6 Å². The van der Waals surface area contributed by atoms with Crippen molar-refractivity contribution in [2.75, 3.05) is 13.2 Å². The molecule has 2 heterocycles. The lowest BCUT2D eigenvalue weighted by molar-refractivity contribution is 0.108. The number of benzene rings is 1. The standard InChI is InChI=1S/C15H18N2OS/c1-11-10-19-15(16-11)8-17-7-6-12-4-2-3-5-13(12)14(17)9-18/h2-5,10,14,18H,6-9H2,1H3. The molecule has 1 aromatic heterocycles. The second-order valence-corrected chi connectivity index (χ2v) is 5.94. The number of aromatic nitrogens is 1. The molecular formula is C15H18N2OS. The van der Waals surface area contributed by atoms with Gasteiger partial charge in [-0.25, -0.2) is 4.98 Å². The number of rotatable bonds is 3. The molecule has 100 valence electrons. The molecule has 0 radical (unpaired) electrons. The molecule has 0 bridgehead atoms. The number of thiazole rings is 1. The van der Waals surface area contributed by atoms with Crippen molar-refractivity contribution in [2.24, 2.45) is 0 Å². The van der Waals surface area contributed by atoms with Crippen molar-refractivity contribution >= 4 is 11.3 Å². The van der Waals surface area contributed by atoms with Gasteiger partial charge in [-0.2, -0.15) is 0 Å². The van der Waals surface area contributed by atoms with E-state index in [9.17, 15) is 5.11 Å². The van der Waals surface area contributed by atoms with Gasteiger partial charge in [0.15, 0.2) is 0 Å². The Labute approximate surface area is 117 Å². The van der Waals surface area contributed by atoms with Crippen LogP contribution in [0.4, 0.5) is 0 Å². The van der Waals surface area contributed by atoms with Crippen LogP contribution in [0.25, 0.3) is 0 Å². The summed E-state index contributed by atoms with van der Waals surface area (Å²) < 4.78 is 0. The Balaban J connectivity index is 1.84. The number of aryl methyl sites for hydroxylation is 1. The Bertz CT molecular complexity index is 567. The molecular weight excluding hydrogens is 256 g/mol. The molecule has 3 nitrogen and oxygen atoms in total. The van der Waals surface area contributed by atoms with Gasteiger partial charge in [0.25, 0.3) is 0 Å². The van der Waals surface area contributed by atoms with Crippen LogP contribution in [0.2, 0.25) is 0 Å². The van der Waals surface area contributed by atoms with E-state index < -0.39 is 0 Å². The number of aliphatic hydroxyl groups excluding tert-OH is 1. The minimum Gasteiger partial charge on any atom is -0.394 e. The maximum Gasteiger partial charge on any atom is 0.107 e. The maximum atomic E-state index is 9.73. The Morgan fingerprint density at radius 3 is 3.00 bits per heavy atom. The number of hydrogen-bond donors (Lipinski definition) is 1. The van der Waals surface area contributed by atoms with Crippen LogP contribution >= 0.6 is 11.3 Å². The lowest BCUT2D eigenvalue weighted by Crippen LogP contribution is -2.36. The molecule has 0 amide bonds. The third-order valence-corrected chi connectivity index (χ3v) is 4.65. The molecule has 1 unspecified atom stereocenters. The molecule has 0 saturated heterocycles. The van der Waals surface area contributed by atoms with Crippen LogP contribution in [-0.4, -0.2) is 28.1 Å². The number of fused-ring (bicyclic) bond motifs is 1. The summed E-state index contributed by atoms with van der Waals surface area (Å²) in [5, 5.41) is 13.0. The molecule has 1 atom stereocenters. The smallest absolute Gasteiger partial charge is 0.107 e. The fourth-order valence-corrected chi connectivity index (χ4v) is 3.55. The number of hydrogen-bond acceptors (Lipinski definition) is 4. The van der Waals surface area contributed by atoms with Crippen molar-refractivity contribution in [3.8, 4) is 0 Å². The van der Waals surface area contributed by atoms with Crippen molar-refractivity contribution in [1.82, 2.24) is 9.88 Å². The van der Waals surface area contributed by atoms with Gasteiger partial charge in [0.05, 0.1) is 19.2 Å². The molecule has 3 rings (SSSR count). The second-order valence-electron chi connectivity index (χ2n) is 5.00. The summed E-state index contributed by atoms with van der Waals surface area (Å²) in [5.74, 6) is 0. The summed E-state index contributed by atoms with van der Waals surface area (Å²) in [7, 11) is 0. The van der Waals surface area contributed by atoms with Gasteiger partial charge in [0, 0.05) is 17.6 Å². The van der Waals surface area contributed by atoms with Gasteiger partial charge < -0.3 is 5.11 Å². The first-order valence-electron chi connectivity index (χ1n) is 6.61. The van der Waals surface area contributed by atoms with Gasteiger partial charge in [-0.3, -0.25) is 4.90 Å². The fraction of sp³-hybridized carbons (Fsp3) is 0.400. The van der Waals surface area contributed by atoms with Gasteiger partial charge in [0.1, 0.15) is 5.01 Å².